The average Bonchev–Trinajstić information content (AvgIpc) is 2.70. The molecule has 8 nitrogen and oxygen atoms in total. The van der Waals surface area contributed by atoms with Crippen LogP contribution in [0.5, 0.6) is 5.75 Å². The van der Waals surface area contributed by atoms with E-state index in [0.717, 1.165) is 5.56 Å². The van der Waals surface area contributed by atoms with Gasteiger partial charge in [0.25, 0.3) is 11.6 Å². The van der Waals surface area contributed by atoms with Crippen LogP contribution in [0.1, 0.15) is 34.0 Å². The number of benzene rings is 2. The summed E-state index contributed by atoms with van der Waals surface area (Å²) in [5.74, 6) is 0.184. The molecule has 0 aliphatic carbocycles. The van der Waals surface area contributed by atoms with E-state index in [9.17, 15) is 14.9 Å². The number of ether oxygens (including phenoxy) is 3. The van der Waals surface area contributed by atoms with Crippen LogP contribution < -0.4 is 10.1 Å². The second-order valence-electron chi connectivity index (χ2n) is 6.13. The molecule has 0 saturated heterocycles. The predicted octanol–water partition coefficient (Wildman–Crippen LogP) is 3.39. The Morgan fingerprint density at radius 3 is 2.64 bits per heavy atom. The number of carbonyl (C=O) groups excluding carboxylic acids is 1. The van der Waals surface area contributed by atoms with E-state index in [0.29, 0.717) is 23.3 Å². The lowest BCUT2D eigenvalue weighted by atomic mass is 10.0. The average molecular weight is 388 g/mol. The Labute approximate surface area is 163 Å². The van der Waals surface area contributed by atoms with E-state index >= 15 is 0 Å². The second-order valence-corrected chi connectivity index (χ2v) is 6.13. The van der Waals surface area contributed by atoms with Gasteiger partial charge in [-0.1, -0.05) is 23.8 Å². The molecule has 1 atom stereocenters. The fourth-order valence-electron chi connectivity index (χ4n) is 2.82. The van der Waals surface area contributed by atoms with Gasteiger partial charge in [-0.15, -0.1) is 0 Å². The van der Waals surface area contributed by atoms with Gasteiger partial charge in [0.05, 0.1) is 29.3 Å². The number of hydrogen-bond donors (Lipinski definition) is 1. The molecule has 150 valence electrons. The lowest BCUT2D eigenvalue weighted by molar-refractivity contribution is -0.386. The highest BCUT2D eigenvalue weighted by molar-refractivity contribution is 5.96. The Bertz CT molecular complexity index is 824. The van der Waals surface area contributed by atoms with E-state index in [1.54, 1.807) is 36.4 Å². The molecule has 0 fully saturated rings. The number of nitrogens with one attached hydrogen (secondary N) is 1. The lowest BCUT2D eigenvalue weighted by Crippen LogP contribution is -2.26. The molecule has 0 radical (unpaired) electrons. The van der Waals surface area contributed by atoms with E-state index in [1.165, 1.54) is 20.3 Å². The van der Waals surface area contributed by atoms with Crippen LogP contribution >= 0.6 is 0 Å². The molecular formula is C20H24N2O6. The number of para-hydroxylation sites is 1. The van der Waals surface area contributed by atoms with Crippen LogP contribution in [-0.4, -0.2) is 38.4 Å². The summed E-state index contributed by atoms with van der Waals surface area (Å²) in [4.78, 5) is 23.4. The quantitative estimate of drug-likeness (QED) is 0.380. The molecule has 8 heteroatoms. The molecule has 0 aromatic heterocycles. The third kappa shape index (κ3) is 5.51. The van der Waals surface area contributed by atoms with Crippen molar-refractivity contribution in [2.75, 3.05) is 27.6 Å². The van der Waals surface area contributed by atoms with Gasteiger partial charge < -0.3 is 19.5 Å². The van der Waals surface area contributed by atoms with Crippen LogP contribution in [-0.2, 0) is 9.47 Å². The molecule has 28 heavy (non-hydrogen) atoms. The number of nitro benzene ring substituents is 1. The summed E-state index contributed by atoms with van der Waals surface area (Å²) in [7, 11) is 2.97. The summed E-state index contributed by atoms with van der Waals surface area (Å²) in [5, 5.41) is 14.2. The van der Waals surface area contributed by atoms with Crippen LogP contribution in [0.25, 0.3) is 0 Å². The van der Waals surface area contributed by atoms with Gasteiger partial charge in [0.15, 0.2) is 0 Å². The summed E-state index contributed by atoms with van der Waals surface area (Å²) in [6.07, 6.45) is -0.257. The molecule has 1 N–H and O–H groups in total. The van der Waals surface area contributed by atoms with Gasteiger partial charge in [0, 0.05) is 19.7 Å². The van der Waals surface area contributed by atoms with Gasteiger partial charge in [-0.25, -0.2) is 0 Å². The largest absolute Gasteiger partial charge is 0.496 e. The zero-order valence-corrected chi connectivity index (χ0v) is 16.1. The summed E-state index contributed by atoms with van der Waals surface area (Å²) in [6, 6.07) is 11.8. The third-order valence-corrected chi connectivity index (χ3v) is 4.16. The van der Waals surface area contributed by atoms with E-state index in [1.807, 2.05) is 6.92 Å². The summed E-state index contributed by atoms with van der Waals surface area (Å²) in [5.41, 5.74) is 1.72. The number of methoxy groups -OCH3 is 2. The first-order chi connectivity index (χ1) is 13.5. The molecule has 0 bridgehead atoms. The van der Waals surface area contributed by atoms with Crippen molar-refractivity contribution >= 4 is 11.6 Å². The molecular weight excluding hydrogens is 364 g/mol. The van der Waals surface area contributed by atoms with Crippen LogP contribution in [0.15, 0.2) is 42.5 Å². The first kappa shape index (κ1) is 21.3. The zero-order valence-electron chi connectivity index (χ0n) is 16.1. The zero-order chi connectivity index (χ0) is 20.5. The van der Waals surface area contributed by atoms with E-state index < -0.39 is 11.0 Å². The minimum Gasteiger partial charge on any atom is -0.496 e. The Morgan fingerprint density at radius 1 is 1.21 bits per heavy atom. The molecule has 2 rings (SSSR count). The number of amides is 1. The van der Waals surface area contributed by atoms with Crippen molar-refractivity contribution in [1.29, 1.82) is 0 Å². The van der Waals surface area contributed by atoms with Gasteiger partial charge in [0.2, 0.25) is 0 Å². The number of rotatable bonds is 10. The van der Waals surface area contributed by atoms with Gasteiger partial charge in [-0.2, -0.15) is 0 Å². The smallest absolute Gasteiger partial charge is 0.275 e. The fraction of sp³-hybridized carbons (Fsp3) is 0.350. The van der Waals surface area contributed by atoms with Crippen LogP contribution in [0.3, 0.4) is 0 Å². The number of carbonyl (C=O) groups is 1. The van der Waals surface area contributed by atoms with E-state index in [-0.39, 0.29) is 24.9 Å². The van der Waals surface area contributed by atoms with Gasteiger partial charge in [0.1, 0.15) is 12.5 Å². The minimum absolute atomic E-state index is 0.0176. The van der Waals surface area contributed by atoms with E-state index in [4.69, 9.17) is 14.2 Å². The minimum atomic E-state index is -0.599. The van der Waals surface area contributed by atoms with Crippen molar-refractivity contribution in [2.45, 2.75) is 19.4 Å². The highest BCUT2D eigenvalue weighted by Gasteiger charge is 2.23. The first-order valence-corrected chi connectivity index (χ1v) is 8.74. The normalized spacial score (nSPS) is 11.7. The number of aryl methyl sites for hydroxylation is 1. The van der Waals surface area contributed by atoms with Crippen molar-refractivity contribution in [2.24, 2.45) is 0 Å². The van der Waals surface area contributed by atoms with Crippen molar-refractivity contribution in [3.63, 3.8) is 0 Å². The maximum absolute atomic E-state index is 12.4. The topological polar surface area (TPSA) is 99.9 Å². The van der Waals surface area contributed by atoms with Gasteiger partial charge >= 0.3 is 0 Å². The fourth-order valence-corrected chi connectivity index (χ4v) is 2.82. The Morgan fingerprint density at radius 2 is 1.96 bits per heavy atom. The second kappa shape index (κ2) is 10.4. The van der Waals surface area contributed by atoms with E-state index in [2.05, 4.69) is 5.32 Å². The summed E-state index contributed by atoms with van der Waals surface area (Å²) < 4.78 is 15.8. The van der Waals surface area contributed by atoms with Crippen molar-refractivity contribution in [1.82, 2.24) is 5.32 Å². The van der Waals surface area contributed by atoms with Crippen LogP contribution in [0, 0.1) is 17.0 Å². The predicted molar refractivity (Wildman–Crippen MR) is 103 cm³/mol. The monoisotopic (exact) mass is 388 g/mol. The summed E-state index contributed by atoms with van der Waals surface area (Å²) in [6.45, 7) is 2.09. The Kier molecular flexibility index (Phi) is 7.91. The molecule has 2 aromatic rings. The maximum Gasteiger partial charge on any atom is 0.275 e. The van der Waals surface area contributed by atoms with Gasteiger partial charge in [-0.05, 0) is 31.5 Å². The lowest BCUT2D eigenvalue weighted by Gasteiger charge is -2.19. The molecule has 2 aromatic carbocycles. The third-order valence-electron chi connectivity index (χ3n) is 4.16. The van der Waals surface area contributed by atoms with Gasteiger partial charge in [-0.3, -0.25) is 14.9 Å². The molecule has 0 aliphatic rings. The standard InChI is InChI=1S/C20H24N2O6/c1-14-8-9-17(22(24)25)16(12-14)19(28-13-26-2)10-11-21-20(23)15-6-4-5-7-18(15)27-3/h4-9,12,19H,10-11,13H2,1-3H3,(H,21,23). The number of hydrogen-bond acceptors (Lipinski definition) is 6. The maximum atomic E-state index is 12.4. The van der Waals surface area contributed by atoms with Crippen molar-refractivity contribution < 1.29 is 23.9 Å². The highest BCUT2D eigenvalue weighted by atomic mass is 16.7. The number of nitro groups is 1. The number of nitrogens with zero attached hydrogens (tertiary/aromatic N) is 1. The highest BCUT2D eigenvalue weighted by Crippen LogP contribution is 2.31. The molecule has 1 unspecified atom stereocenters. The first-order valence-electron chi connectivity index (χ1n) is 8.74. The Balaban J connectivity index is 2.12. The van der Waals surface area contributed by atoms with Crippen LogP contribution in [0.2, 0.25) is 0 Å². The molecule has 0 saturated carbocycles. The molecule has 0 spiro atoms. The molecule has 1 amide bonds. The van der Waals surface area contributed by atoms with Crippen molar-refractivity contribution in [3.8, 4) is 5.75 Å². The summed E-state index contributed by atoms with van der Waals surface area (Å²) >= 11 is 0. The SMILES string of the molecule is COCOC(CCNC(=O)c1ccccc1OC)c1cc(C)ccc1[N+](=O)[O-]. The van der Waals surface area contributed by atoms with Crippen molar-refractivity contribution in [3.05, 3.63) is 69.3 Å². The molecule has 0 heterocycles. The molecule has 0 aliphatic heterocycles. The van der Waals surface area contributed by atoms with Crippen LogP contribution in [0.4, 0.5) is 5.69 Å². The Hall–Kier alpha value is -2.97.